The molecule has 5 nitrogen and oxygen atoms in total. The Morgan fingerprint density at radius 2 is 1.52 bits per heavy atom. The number of hydrogen-bond acceptors (Lipinski definition) is 2. The monoisotopic (exact) mass is 387 g/mol. The maximum Gasteiger partial charge on any atom is 0.315 e. The van der Waals surface area contributed by atoms with E-state index < -0.39 is 0 Å². The van der Waals surface area contributed by atoms with Gasteiger partial charge >= 0.3 is 6.03 Å². The number of carbonyl (C=O) groups is 2. The summed E-state index contributed by atoms with van der Waals surface area (Å²) in [7, 11) is 0. The fourth-order valence-electron chi connectivity index (χ4n) is 2.60. The quantitative estimate of drug-likeness (QED) is 0.568. The van der Waals surface area contributed by atoms with Crippen LogP contribution in [-0.4, -0.2) is 25.0 Å². The molecule has 2 aromatic carbocycles. The first-order valence-electron chi connectivity index (χ1n) is 9.16. The normalized spacial score (nSPS) is 10.3. The molecule has 0 saturated heterocycles. The molecule has 0 aromatic heterocycles. The summed E-state index contributed by atoms with van der Waals surface area (Å²) in [5, 5.41) is 9.26. The molecule has 0 unspecified atom stereocenters. The highest BCUT2D eigenvalue weighted by atomic mass is 35.5. The largest absolute Gasteiger partial charge is 0.352 e. The van der Waals surface area contributed by atoms with Gasteiger partial charge in [-0.25, -0.2) is 4.79 Å². The third-order valence-corrected chi connectivity index (χ3v) is 4.43. The number of benzene rings is 2. The van der Waals surface area contributed by atoms with Gasteiger partial charge in [-0.15, -0.1) is 0 Å². The number of rotatable bonds is 9. The number of nitrogens with one attached hydrogen (secondary N) is 3. The maximum absolute atomic E-state index is 12.1. The molecular weight excluding hydrogens is 362 g/mol. The van der Waals surface area contributed by atoms with Crippen LogP contribution in [0.4, 0.5) is 4.79 Å². The highest BCUT2D eigenvalue weighted by Gasteiger charge is 2.06. The van der Waals surface area contributed by atoms with Gasteiger partial charge in [-0.3, -0.25) is 4.79 Å². The van der Waals surface area contributed by atoms with Crippen molar-refractivity contribution in [2.45, 2.75) is 32.7 Å². The summed E-state index contributed by atoms with van der Waals surface area (Å²) in [6, 6.07) is 14.7. The van der Waals surface area contributed by atoms with E-state index in [0.717, 1.165) is 36.0 Å². The molecule has 0 saturated carbocycles. The summed E-state index contributed by atoms with van der Waals surface area (Å²) in [6.45, 7) is 3.64. The third kappa shape index (κ3) is 7.71. The van der Waals surface area contributed by atoms with Crippen LogP contribution in [0, 0.1) is 6.92 Å². The Kier molecular flexibility index (Phi) is 8.65. The van der Waals surface area contributed by atoms with Gasteiger partial charge in [0, 0.05) is 30.2 Å². The lowest BCUT2D eigenvalue weighted by molar-refractivity contribution is 0.0952. The van der Waals surface area contributed by atoms with Crippen LogP contribution >= 0.6 is 11.6 Å². The van der Waals surface area contributed by atoms with E-state index >= 15 is 0 Å². The van der Waals surface area contributed by atoms with Crippen LogP contribution < -0.4 is 16.0 Å². The van der Waals surface area contributed by atoms with E-state index in [1.54, 1.807) is 12.1 Å². The fraction of sp³-hybridized carbons (Fsp3) is 0.333. The van der Waals surface area contributed by atoms with E-state index in [2.05, 4.69) is 16.0 Å². The predicted octanol–water partition coefficient (Wildman–Crippen LogP) is 4.05. The minimum Gasteiger partial charge on any atom is -0.352 e. The van der Waals surface area contributed by atoms with Crippen LogP contribution in [0.3, 0.4) is 0 Å². The Labute approximate surface area is 165 Å². The van der Waals surface area contributed by atoms with Crippen molar-refractivity contribution in [1.29, 1.82) is 0 Å². The van der Waals surface area contributed by atoms with Crippen molar-refractivity contribution in [1.82, 2.24) is 16.0 Å². The second-order valence-corrected chi connectivity index (χ2v) is 6.80. The fourth-order valence-corrected chi connectivity index (χ4v) is 2.73. The molecule has 0 atom stereocenters. The Bertz CT molecular complexity index is 747. The molecule has 6 heteroatoms. The second kappa shape index (κ2) is 11.2. The standard InChI is InChI=1S/C21H26ClN3O2/c1-16-7-3-4-8-19(16)20(26)23-13-5-2-6-14-24-21(27)25-15-17-9-11-18(22)12-10-17/h3-4,7-12H,2,5-6,13-15H2,1H3,(H,23,26)(H2,24,25,27). The summed E-state index contributed by atoms with van der Waals surface area (Å²) in [5.41, 5.74) is 2.69. The number of halogens is 1. The first kappa shape index (κ1) is 20.8. The molecule has 144 valence electrons. The van der Waals surface area contributed by atoms with Crippen molar-refractivity contribution in [3.63, 3.8) is 0 Å². The maximum atomic E-state index is 12.1. The lowest BCUT2D eigenvalue weighted by Crippen LogP contribution is -2.35. The van der Waals surface area contributed by atoms with Crippen molar-refractivity contribution in [3.8, 4) is 0 Å². The number of amides is 3. The van der Waals surface area contributed by atoms with Crippen LogP contribution in [0.2, 0.25) is 5.02 Å². The molecule has 0 spiro atoms. The first-order valence-corrected chi connectivity index (χ1v) is 9.54. The van der Waals surface area contributed by atoms with Crippen LogP contribution in [0.5, 0.6) is 0 Å². The Hall–Kier alpha value is -2.53. The van der Waals surface area contributed by atoms with Gasteiger partial charge in [-0.05, 0) is 55.5 Å². The van der Waals surface area contributed by atoms with E-state index in [9.17, 15) is 9.59 Å². The van der Waals surface area contributed by atoms with Crippen LogP contribution in [0.1, 0.15) is 40.7 Å². The first-order chi connectivity index (χ1) is 13.1. The molecule has 0 aliphatic rings. The van der Waals surface area contributed by atoms with Gasteiger partial charge in [0.2, 0.25) is 0 Å². The lowest BCUT2D eigenvalue weighted by Gasteiger charge is -2.09. The van der Waals surface area contributed by atoms with Gasteiger partial charge in [0.15, 0.2) is 0 Å². The zero-order valence-corrected chi connectivity index (χ0v) is 16.3. The molecule has 0 heterocycles. The molecule has 2 aromatic rings. The smallest absolute Gasteiger partial charge is 0.315 e. The summed E-state index contributed by atoms with van der Waals surface area (Å²) in [6.07, 6.45) is 2.69. The Morgan fingerprint density at radius 1 is 0.852 bits per heavy atom. The molecule has 2 rings (SSSR count). The molecular formula is C21H26ClN3O2. The van der Waals surface area contributed by atoms with E-state index in [-0.39, 0.29) is 11.9 Å². The zero-order valence-electron chi connectivity index (χ0n) is 15.6. The average molecular weight is 388 g/mol. The van der Waals surface area contributed by atoms with Gasteiger partial charge in [0.25, 0.3) is 5.91 Å². The van der Waals surface area contributed by atoms with Crippen molar-refractivity contribution in [2.75, 3.05) is 13.1 Å². The van der Waals surface area contributed by atoms with E-state index in [0.29, 0.717) is 24.7 Å². The predicted molar refractivity (Wildman–Crippen MR) is 109 cm³/mol. The molecule has 0 bridgehead atoms. The third-order valence-electron chi connectivity index (χ3n) is 4.18. The minimum absolute atomic E-state index is 0.0344. The SMILES string of the molecule is Cc1ccccc1C(=O)NCCCCCNC(=O)NCc1ccc(Cl)cc1. The van der Waals surface area contributed by atoms with Gasteiger partial charge in [0.1, 0.15) is 0 Å². The second-order valence-electron chi connectivity index (χ2n) is 6.37. The number of unbranched alkanes of at least 4 members (excludes halogenated alkanes) is 2. The highest BCUT2D eigenvalue weighted by Crippen LogP contribution is 2.09. The van der Waals surface area contributed by atoms with Crippen molar-refractivity contribution >= 4 is 23.5 Å². The molecule has 0 fully saturated rings. The van der Waals surface area contributed by atoms with Crippen molar-refractivity contribution < 1.29 is 9.59 Å². The van der Waals surface area contributed by atoms with Gasteiger partial charge in [-0.2, -0.15) is 0 Å². The number of aryl methyl sites for hydroxylation is 1. The zero-order chi connectivity index (χ0) is 19.5. The van der Waals surface area contributed by atoms with E-state index in [1.807, 2.05) is 43.3 Å². The summed E-state index contributed by atoms with van der Waals surface area (Å²) >= 11 is 5.83. The number of urea groups is 1. The summed E-state index contributed by atoms with van der Waals surface area (Å²) in [4.78, 5) is 23.8. The topological polar surface area (TPSA) is 70.2 Å². The lowest BCUT2D eigenvalue weighted by atomic mass is 10.1. The van der Waals surface area contributed by atoms with Crippen LogP contribution in [0.25, 0.3) is 0 Å². The van der Waals surface area contributed by atoms with E-state index in [1.165, 1.54) is 0 Å². The van der Waals surface area contributed by atoms with Gasteiger partial charge in [-0.1, -0.05) is 41.9 Å². The van der Waals surface area contributed by atoms with Crippen molar-refractivity contribution in [3.05, 3.63) is 70.2 Å². The number of carbonyl (C=O) groups excluding carboxylic acids is 2. The molecule has 3 amide bonds. The van der Waals surface area contributed by atoms with E-state index in [4.69, 9.17) is 11.6 Å². The molecule has 0 aliphatic carbocycles. The van der Waals surface area contributed by atoms with Crippen molar-refractivity contribution in [2.24, 2.45) is 0 Å². The molecule has 3 N–H and O–H groups in total. The molecule has 0 radical (unpaired) electrons. The van der Waals surface area contributed by atoms with Crippen LogP contribution in [0.15, 0.2) is 48.5 Å². The summed E-state index contributed by atoms with van der Waals surface area (Å²) < 4.78 is 0. The average Bonchev–Trinajstić information content (AvgIpc) is 2.67. The Balaban J connectivity index is 1.50. The summed E-state index contributed by atoms with van der Waals surface area (Å²) in [5.74, 6) is -0.0344. The highest BCUT2D eigenvalue weighted by molar-refractivity contribution is 6.30. The minimum atomic E-state index is -0.183. The number of hydrogen-bond donors (Lipinski definition) is 3. The van der Waals surface area contributed by atoms with Crippen LogP contribution in [-0.2, 0) is 6.54 Å². The Morgan fingerprint density at radius 3 is 2.22 bits per heavy atom. The van der Waals surface area contributed by atoms with Gasteiger partial charge in [0.05, 0.1) is 0 Å². The van der Waals surface area contributed by atoms with Gasteiger partial charge < -0.3 is 16.0 Å². The molecule has 0 aliphatic heterocycles. The molecule has 27 heavy (non-hydrogen) atoms.